The molecule has 0 aliphatic rings. The molecule has 0 atom stereocenters. The molecule has 0 heterocycles. The Kier molecular flexibility index (Phi) is 4.80. The van der Waals surface area contributed by atoms with E-state index in [-0.39, 0.29) is 0 Å². The summed E-state index contributed by atoms with van der Waals surface area (Å²) < 4.78 is 45.8. The van der Waals surface area contributed by atoms with Gasteiger partial charge in [-0.05, 0) is 0 Å². The number of nitrogens with one attached hydrogen (secondary N) is 1. The van der Waals surface area contributed by atoms with E-state index < -0.39 is 12.0 Å². The van der Waals surface area contributed by atoms with Gasteiger partial charge in [0.1, 0.15) is 11.5 Å². The molecule has 0 aliphatic heterocycles. The third-order valence-electron chi connectivity index (χ3n) is 2.12. The highest BCUT2D eigenvalue weighted by molar-refractivity contribution is 5.94. The number of alkyl halides is 3. The molecule has 1 aromatic carbocycles. The fraction of sp³-hybridized carbons (Fsp3) is 0.250. The summed E-state index contributed by atoms with van der Waals surface area (Å²) in [7, 11) is 2.89. The minimum atomic E-state index is -4.87. The van der Waals surface area contributed by atoms with Crippen LogP contribution in [0.1, 0.15) is 0 Å². The molecule has 4 nitrogen and oxygen atoms in total. The lowest BCUT2D eigenvalue weighted by atomic mass is 10.2. The fourth-order valence-corrected chi connectivity index (χ4v) is 1.20. The summed E-state index contributed by atoms with van der Waals surface area (Å²) in [6, 6.07) is 4.70. The molecule has 1 N–H and O–H groups in total. The van der Waals surface area contributed by atoms with Crippen LogP contribution < -0.4 is 14.8 Å². The van der Waals surface area contributed by atoms with E-state index in [4.69, 9.17) is 9.47 Å². The van der Waals surface area contributed by atoms with Crippen LogP contribution in [-0.2, 0) is 4.79 Å². The Hall–Kier alpha value is -2.18. The van der Waals surface area contributed by atoms with Gasteiger partial charge < -0.3 is 14.8 Å². The molecular weight excluding hydrogens is 263 g/mol. The number of hydrogen-bond donors (Lipinski definition) is 1. The maximum Gasteiger partial charge on any atom is 0.454 e. The van der Waals surface area contributed by atoms with E-state index in [0.717, 1.165) is 6.20 Å². The second-order valence-electron chi connectivity index (χ2n) is 3.44. The summed E-state index contributed by atoms with van der Waals surface area (Å²) >= 11 is 0. The monoisotopic (exact) mass is 275 g/mol. The normalized spacial score (nSPS) is 11.4. The SMILES string of the molecule is COc1cc(N/C=C/C(=O)C(F)(F)F)cc(OC)c1. The second-order valence-corrected chi connectivity index (χ2v) is 3.44. The Morgan fingerprint density at radius 1 is 1.16 bits per heavy atom. The first-order valence-corrected chi connectivity index (χ1v) is 5.14. The van der Waals surface area contributed by atoms with Gasteiger partial charge in [-0.3, -0.25) is 4.79 Å². The highest BCUT2D eigenvalue weighted by Crippen LogP contribution is 2.25. The number of carbonyl (C=O) groups is 1. The van der Waals surface area contributed by atoms with Crippen LogP contribution in [0, 0.1) is 0 Å². The lowest BCUT2D eigenvalue weighted by Gasteiger charge is -2.08. The lowest BCUT2D eigenvalue weighted by Crippen LogP contribution is -2.20. The number of carbonyl (C=O) groups excluding carboxylic acids is 1. The van der Waals surface area contributed by atoms with Gasteiger partial charge in [-0.25, -0.2) is 0 Å². The molecule has 1 aromatic rings. The zero-order chi connectivity index (χ0) is 14.5. The van der Waals surface area contributed by atoms with Gasteiger partial charge in [0.2, 0.25) is 0 Å². The Morgan fingerprint density at radius 2 is 1.68 bits per heavy atom. The standard InChI is InChI=1S/C12H12F3NO3/c1-18-9-5-8(6-10(7-9)19-2)16-4-3-11(17)12(13,14)15/h3-7,16H,1-2H3/b4-3+. The van der Waals surface area contributed by atoms with Crippen LogP contribution in [0.25, 0.3) is 0 Å². The van der Waals surface area contributed by atoms with E-state index >= 15 is 0 Å². The van der Waals surface area contributed by atoms with Crippen LogP contribution in [0.4, 0.5) is 18.9 Å². The van der Waals surface area contributed by atoms with Crippen molar-refractivity contribution in [3.05, 3.63) is 30.5 Å². The van der Waals surface area contributed by atoms with Crippen molar-refractivity contribution < 1.29 is 27.4 Å². The second kappa shape index (κ2) is 6.12. The van der Waals surface area contributed by atoms with Crippen LogP contribution in [0.3, 0.4) is 0 Å². The van der Waals surface area contributed by atoms with E-state index in [1.165, 1.54) is 14.2 Å². The van der Waals surface area contributed by atoms with Crippen LogP contribution in [0.15, 0.2) is 30.5 Å². The van der Waals surface area contributed by atoms with Crippen molar-refractivity contribution >= 4 is 11.5 Å². The van der Waals surface area contributed by atoms with Gasteiger partial charge in [0.05, 0.1) is 14.2 Å². The predicted octanol–water partition coefficient (Wildman–Crippen LogP) is 2.76. The zero-order valence-corrected chi connectivity index (χ0v) is 10.2. The van der Waals surface area contributed by atoms with Gasteiger partial charge in [0, 0.05) is 36.2 Å². The summed E-state index contributed by atoms with van der Waals surface area (Å²) in [5, 5.41) is 2.54. The minimum Gasteiger partial charge on any atom is -0.497 e. The summed E-state index contributed by atoms with van der Waals surface area (Å²) in [6.07, 6.45) is -3.56. The van der Waals surface area contributed by atoms with Crippen LogP contribution in [-0.4, -0.2) is 26.2 Å². The van der Waals surface area contributed by atoms with Crippen LogP contribution in [0.2, 0.25) is 0 Å². The minimum absolute atomic E-state index is 0.409. The largest absolute Gasteiger partial charge is 0.497 e. The molecule has 0 aliphatic carbocycles. The smallest absolute Gasteiger partial charge is 0.454 e. The summed E-state index contributed by atoms with van der Waals surface area (Å²) in [5.41, 5.74) is 0.433. The van der Waals surface area contributed by atoms with Crippen molar-refractivity contribution in [2.75, 3.05) is 19.5 Å². The number of hydrogen-bond acceptors (Lipinski definition) is 4. The summed E-state index contributed by atoms with van der Waals surface area (Å²) in [4.78, 5) is 10.6. The molecule has 0 saturated carbocycles. The molecule has 7 heteroatoms. The maximum absolute atomic E-state index is 11.9. The van der Waals surface area contributed by atoms with Crippen molar-refractivity contribution in [2.24, 2.45) is 0 Å². The quantitative estimate of drug-likeness (QED) is 0.839. The van der Waals surface area contributed by atoms with E-state index in [1.807, 2.05) is 0 Å². The third-order valence-corrected chi connectivity index (χ3v) is 2.12. The molecule has 104 valence electrons. The van der Waals surface area contributed by atoms with Gasteiger partial charge in [-0.2, -0.15) is 13.2 Å². The van der Waals surface area contributed by atoms with Crippen molar-refractivity contribution in [3.8, 4) is 11.5 Å². The summed E-state index contributed by atoms with van der Waals surface area (Å²) in [6.45, 7) is 0. The molecule has 0 radical (unpaired) electrons. The van der Waals surface area contributed by atoms with Gasteiger partial charge in [-0.1, -0.05) is 0 Å². The van der Waals surface area contributed by atoms with Crippen molar-refractivity contribution in [1.29, 1.82) is 0 Å². The van der Waals surface area contributed by atoms with Crippen molar-refractivity contribution in [1.82, 2.24) is 0 Å². The van der Waals surface area contributed by atoms with E-state index in [0.29, 0.717) is 23.3 Å². The van der Waals surface area contributed by atoms with Gasteiger partial charge in [-0.15, -0.1) is 0 Å². The molecule has 19 heavy (non-hydrogen) atoms. The predicted molar refractivity (Wildman–Crippen MR) is 63.4 cm³/mol. The lowest BCUT2D eigenvalue weighted by molar-refractivity contribution is -0.165. The first-order valence-electron chi connectivity index (χ1n) is 5.14. The van der Waals surface area contributed by atoms with E-state index in [1.54, 1.807) is 18.2 Å². The van der Waals surface area contributed by atoms with E-state index in [2.05, 4.69) is 5.32 Å². The Bertz CT molecular complexity index is 461. The first kappa shape index (κ1) is 14.9. The van der Waals surface area contributed by atoms with Crippen molar-refractivity contribution in [2.45, 2.75) is 6.18 Å². The molecule has 0 amide bonds. The number of methoxy groups -OCH3 is 2. The number of allylic oxidation sites excluding steroid dienone is 1. The number of benzene rings is 1. The highest BCUT2D eigenvalue weighted by atomic mass is 19.4. The topological polar surface area (TPSA) is 47.6 Å². The first-order chi connectivity index (χ1) is 8.86. The fourth-order valence-electron chi connectivity index (χ4n) is 1.20. The Balaban J connectivity index is 2.77. The molecule has 0 bridgehead atoms. The number of ether oxygens (including phenoxy) is 2. The molecule has 0 saturated heterocycles. The van der Waals surface area contributed by atoms with Crippen LogP contribution >= 0.6 is 0 Å². The number of rotatable bonds is 5. The zero-order valence-electron chi connectivity index (χ0n) is 10.2. The number of halogens is 3. The van der Waals surface area contributed by atoms with Crippen molar-refractivity contribution in [3.63, 3.8) is 0 Å². The number of anilines is 1. The highest BCUT2D eigenvalue weighted by Gasteiger charge is 2.35. The number of ketones is 1. The summed E-state index contributed by atoms with van der Waals surface area (Å²) in [5.74, 6) is -0.996. The molecule has 0 unspecified atom stereocenters. The molecule has 0 aromatic heterocycles. The van der Waals surface area contributed by atoms with Gasteiger partial charge in [0.15, 0.2) is 0 Å². The maximum atomic E-state index is 11.9. The third kappa shape index (κ3) is 4.53. The average Bonchev–Trinajstić information content (AvgIpc) is 2.37. The molecule has 0 spiro atoms. The van der Waals surface area contributed by atoms with Gasteiger partial charge in [0.25, 0.3) is 5.78 Å². The Labute approximate surface area is 107 Å². The van der Waals surface area contributed by atoms with E-state index in [9.17, 15) is 18.0 Å². The van der Waals surface area contributed by atoms with Gasteiger partial charge >= 0.3 is 6.18 Å². The molecule has 1 rings (SSSR count). The Morgan fingerprint density at radius 3 is 2.11 bits per heavy atom. The van der Waals surface area contributed by atoms with Crippen LogP contribution in [0.5, 0.6) is 11.5 Å². The average molecular weight is 275 g/mol. The molecule has 0 fully saturated rings. The molecular formula is C12H12F3NO3.